The lowest BCUT2D eigenvalue weighted by molar-refractivity contribution is 0.690. The van der Waals surface area contributed by atoms with Crippen molar-refractivity contribution in [3.63, 3.8) is 0 Å². The lowest BCUT2D eigenvalue weighted by Crippen LogP contribution is -2.18. The summed E-state index contributed by atoms with van der Waals surface area (Å²) in [4.78, 5) is 0. The average molecular weight is 251 g/mol. The number of hydrogen-bond acceptors (Lipinski definition) is 1. The van der Waals surface area contributed by atoms with Gasteiger partial charge in [-0.3, -0.25) is 0 Å². The van der Waals surface area contributed by atoms with Crippen molar-refractivity contribution < 1.29 is 0 Å². The van der Waals surface area contributed by atoms with Crippen LogP contribution in [-0.4, -0.2) is 7.05 Å². The highest BCUT2D eigenvalue weighted by atomic mass is 14.9. The van der Waals surface area contributed by atoms with Gasteiger partial charge >= 0.3 is 0 Å². The number of nitrogens with one attached hydrogen (secondary N) is 1. The number of rotatable bonds is 3. The van der Waals surface area contributed by atoms with Gasteiger partial charge in [-0.15, -0.1) is 0 Å². The lowest BCUT2D eigenvalue weighted by Gasteiger charge is -2.19. The quantitative estimate of drug-likeness (QED) is 0.875. The second-order valence-electron chi connectivity index (χ2n) is 5.52. The molecule has 1 heteroatoms. The normalized spacial score (nSPS) is 15.3. The Hall–Kier alpha value is -1.60. The van der Waals surface area contributed by atoms with Crippen LogP contribution in [0.15, 0.2) is 42.5 Å². The van der Waals surface area contributed by atoms with Crippen molar-refractivity contribution in [1.29, 1.82) is 0 Å². The first-order chi connectivity index (χ1) is 9.28. The smallest absolute Gasteiger partial charge is 0.0574 e. The van der Waals surface area contributed by atoms with Gasteiger partial charge in [-0.2, -0.15) is 0 Å². The Morgan fingerprint density at radius 3 is 2.53 bits per heavy atom. The minimum atomic E-state index is 0.297. The van der Waals surface area contributed by atoms with E-state index in [0.717, 1.165) is 0 Å². The Morgan fingerprint density at radius 1 is 0.947 bits per heavy atom. The van der Waals surface area contributed by atoms with Crippen molar-refractivity contribution in [3.8, 4) is 0 Å². The van der Waals surface area contributed by atoms with Crippen molar-refractivity contribution in [2.75, 3.05) is 7.05 Å². The van der Waals surface area contributed by atoms with Crippen LogP contribution in [0.1, 0.15) is 40.3 Å². The number of aryl methyl sites for hydroxylation is 3. The molecular weight excluding hydrogens is 230 g/mol. The zero-order chi connectivity index (χ0) is 13.2. The summed E-state index contributed by atoms with van der Waals surface area (Å²) in [7, 11) is 2.04. The first kappa shape index (κ1) is 12.4. The summed E-state index contributed by atoms with van der Waals surface area (Å²) in [6.45, 7) is 2.15. The maximum absolute atomic E-state index is 3.45. The Bertz CT molecular complexity index is 586. The van der Waals surface area contributed by atoms with Crippen LogP contribution in [0, 0.1) is 6.92 Å². The second kappa shape index (κ2) is 5.18. The van der Waals surface area contributed by atoms with Gasteiger partial charge in [0.15, 0.2) is 0 Å². The van der Waals surface area contributed by atoms with Gasteiger partial charge in [-0.1, -0.05) is 48.0 Å². The second-order valence-corrected chi connectivity index (χ2v) is 5.52. The summed E-state index contributed by atoms with van der Waals surface area (Å²) in [6.07, 6.45) is 3.81. The molecule has 98 valence electrons. The molecule has 1 aliphatic carbocycles. The van der Waals surface area contributed by atoms with E-state index in [1.54, 1.807) is 11.1 Å². The molecule has 0 bridgehead atoms. The Morgan fingerprint density at radius 2 is 1.74 bits per heavy atom. The molecule has 2 aromatic carbocycles. The van der Waals surface area contributed by atoms with E-state index >= 15 is 0 Å². The first-order valence-corrected chi connectivity index (χ1v) is 7.13. The fraction of sp³-hybridized carbons (Fsp3) is 0.333. The third-order valence-electron chi connectivity index (χ3n) is 4.12. The predicted molar refractivity (Wildman–Crippen MR) is 80.5 cm³/mol. The molecule has 19 heavy (non-hydrogen) atoms. The predicted octanol–water partition coefficient (Wildman–Crippen LogP) is 3.79. The monoisotopic (exact) mass is 251 g/mol. The van der Waals surface area contributed by atoms with Crippen LogP contribution in [0.25, 0.3) is 0 Å². The minimum Gasteiger partial charge on any atom is -0.309 e. The minimum absolute atomic E-state index is 0.297. The molecule has 0 spiro atoms. The molecule has 0 amide bonds. The summed E-state index contributed by atoms with van der Waals surface area (Å²) < 4.78 is 0. The zero-order valence-corrected chi connectivity index (χ0v) is 11.7. The summed E-state index contributed by atoms with van der Waals surface area (Å²) in [6, 6.07) is 16.1. The van der Waals surface area contributed by atoms with Gasteiger partial charge in [-0.05, 0) is 55.5 Å². The van der Waals surface area contributed by atoms with Gasteiger partial charge in [0.25, 0.3) is 0 Å². The van der Waals surface area contributed by atoms with Crippen LogP contribution in [0.4, 0.5) is 0 Å². The largest absolute Gasteiger partial charge is 0.309 e. The van der Waals surface area contributed by atoms with E-state index in [2.05, 4.69) is 54.7 Å². The molecule has 1 nitrogen and oxygen atoms in total. The number of fused-ring (bicyclic) bond motifs is 1. The van der Waals surface area contributed by atoms with E-state index < -0.39 is 0 Å². The molecule has 0 radical (unpaired) electrons. The molecule has 1 aliphatic rings. The van der Waals surface area contributed by atoms with Crippen molar-refractivity contribution in [1.82, 2.24) is 5.32 Å². The Kier molecular flexibility index (Phi) is 3.39. The highest BCUT2D eigenvalue weighted by molar-refractivity contribution is 5.40. The third-order valence-corrected chi connectivity index (χ3v) is 4.12. The van der Waals surface area contributed by atoms with Crippen LogP contribution >= 0.6 is 0 Å². The van der Waals surface area contributed by atoms with E-state index in [4.69, 9.17) is 0 Å². The van der Waals surface area contributed by atoms with Gasteiger partial charge in [0.1, 0.15) is 0 Å². The highest BCUT2D eigenvalue weighted by Crippen LogP contribution is 2.28. The first-order valence-electron chi connectivity index (χ1n) is 7.13. The number of benzene rings is 2. The molecule has 0 aliphatic heterocycles. The fourth-order valence-electron chi connectivity index (χ4n) is 3.15. The summed E-state index contributed by atoms with van der Waals surface area (Å²) in [5.41, 5.74) is 7.14. The van der Waals surface area contributed by atoms with Crippen molar-refractivity contribution in [2.45, 2.75) is 32.2 Å². The SMILES string of the molecule is CNC(c1cccc(C)c1)c1ccc2c(c1)CCC2. The Labute approximate surface area is 115 Å². The van der Waals surface area contributed by atoms with Crippen LogP contribution in [0.2, 0.25) is 0 Å². The molecular formula is C18H21N. The van der Waals surface area contributed by atoms with Crippen LogP contribution in [0.5, 0.6) is 0 Å². The van der Waals surface area contributed by atoms with E-state index in [-0.39, 0.29) is 0 Å². The van der Waals surface area contributed by atoms with E-state index in [9.17, 15) is 0 Å². The van der Waals surface area contributed by atoms with Gasteiger partial charge < -0.3 is 5.32 Å². The molecule has 1 N–H and O–H groups in total. The van der Waals surface area contributed by atoms with Crippen LogP contribution in [-0.2, 0) is 12.8 Å². The van der Waals surface area contributed by atoms with Gasteiger partial charge in [0.2, 0.25) is 0 Å². The average Bonchev–Trinajstić information content (AvgIpc) is 2.87. The summed E-state index contributed by atoms with van der Waals surface area (Å²) in [5.74, 6) is 0. The highest BCUT2D eigenvalue weighted by Gasteiger charge is 2.16. The molecule has 2 aromatic rings. The molecule has 0 aromatic heterocycles. The van der Waals surface area contributed by atoms with Gasteiger partial charge in [0.05, 0.1) is 6.04 Å². The molecule has 1 atom stereocenters. The topological polar surface area (TPSA) is 12.0 Å². The molecule has 0 heterocycles. The fourth-order valence-corrected chi connectivity index (χ4v) is 3.15. The maximum atomic E-state index is 3.45. The number of hydrogen-bond donors (Lipinski definition) is 1. The molecule has 0 saturated heterocycles. The standard InChI is InChI=1S/C18H21N/c1-13-5-3-8-16(11-13)18(19-2)17-10-9-14-6-4-7-15(14)12-17/h3,5,8-12,18-19H,4,6-7H2,1-2H3. The van der Waals surface area contributed by atoms with Crippen molar-refractivity contribution >= 4 is 0 Å². The molecule has 0 fully saturated rings. The molecule has 1 unspecified atom stereocenters. The summed E-state index contributed by atoms with van der Waals surface area (Å²) in [5, 5.41) is 3.45. The van der Waals surface area contributed by atoms with E-state index in [1.165, 1.54) is 36.0 Å². The van der Waals surface area contributed by atoms with Crippen LogP contribution < -0.4 is 5.32 Å². The van der Waals surface area contributed by atoms with Gasteiger partial charge in [0, 0.05) is 0 Å². The van der Waals surface area contributed by atoms with Crippen LogP contribution in [0.3, 0.4) is 0 Å². The van der Waals surface area contributed by atoms with E-state index in [0.29, 0.717) is 6.04 Å². The molecule has 3 rings (SSSR count). The van der Waals surface area contributed by atoms with Crippen molar-refractivity contribution in [2.24, 2.45) is 0 Å². The van der Waals surface area contributed by atoms with Crippen molar-refractivity contribution in [3.05, 3.63) is 70.3 Å². The maximum Gasteiger partial charge on any atom is 0.0574 e. The Balaban J connectivity index is 1.98. The summed E-state index contributed by atoms with van der Waals surface area (Å²) >= 11 is 0. The third kappa shape index (κ3) is 2.43. The molecule has 0 saturated carbocycles. The van der Waals surface area contributed by atoms with E-state index in [1.807, 2.05) is 7.05 Å². The zero-order valence-electron chi connectivity index (χ0n) is 11.7. The van der Waals surface area contributed by atoms with Gasteiger partial charge in [-0.25, -0.2) is 0 Å². The lowest BCUT2D eigenvalue weighted by atomic mass is 9.95.